The van der Waals surface area contributed by atoms with E-state index in [0.29, 0.717) is 19.8 Å². The largest absolute Gasteiger partial charge is 0.379 e. The Balaban J connectivity index is 1.78. The highest BCUT2D eigenvalue weighted by Crippen LogP contribution is 2.13. The maximum Gasteiger partial charge on any atom is 0.317 e. The van der Waals surface area contributed by atoms with Gasteiger partial charge in [-0.2, -0.15) is 0 Å². The standard InChI is InChI=1S/C15H30N4O3/c1-17(2)9-11-22-14-4-10-21-12-13(14)16-15(20)19-7-5-18(3)6-8-19/h13-14H,4-12H2,1-3H3,(H,16,20)/t13-,14+/m1/s1. The van der Waals surface area contributed by atoms with E-state index >= 15 is 0 Å². The van der Waals surface area contributed by atoms with Gasteiger partial charge in [-0.15, -0.1) is 0 Å². The molecule has 0 unspecified atom stereocenters. The molecule has 2 amide bonds. The number of nitrogens with zero attached hydrogens (tertiary/aromatic N) is 3. The number of hydrogen-bond donors (Lipinski definition) is 1. The van der Waals surface area contributed by atoms with Crippen LogP contribution in [0.15, 0.2) is 0 Å². The van der Waals surface area contributed by atoms with Crippen LogP contribution in [-0.2, 0) is 9.47 Å². The van der Waals surface area contributed by atoms with Gasteiger partial charge in [-0.25, -0.2) is 4.79 Å². The van der Waals surface area contributed by atoms with Crippen LogP contribution in [0.25, 0.3) is 0 Å². The van der Waals surface area contributed by atoms with Crippen LogP contribution >= 0.6 is 0 Å². The first-order valence-corrected chi connectivity index (χ1v) is 8.14. The molecule has 22 heavy (non-hydrogen) atoms. The van der Waals surface area contributed by atoms with Gasteiger partial charge < -0.3 is 29.5 Å². The van der Waals surface area contributed by atoms with Crippen molar-refractivity contribution in [2.45, 2.75) is 18.6 Å². The van der Waals surface area contributed by atoms with Gasteiger partial charge in [0.15, 0.2) is 0 Å². The van der Waals surface area contributed by atoms with Crippen LogP contribution in [0.3, 0.4) is 0 Å². The zero-order chi connectivity index (χ0) is 15.9. The molecule has 2 rings (SSSR count). The number of piperazine rings is 1. The number of hydrogen-bond acceptors (Lipinski definition) is 5. The summed E-state index contributed by atoms with van der Waals surface area (Å²) in [5.41, 5.74) is 0. The molecule has 2 saturated heterocycles. The number of amides is 2. The third-order valence-corrected chi connectivity index (χ3v) is 4.26. The van der Waals surface area contributed by atoms with E-state index in [4.69, 9.17) is 9.47 Å². The van der Waals surface area contributed by atoms with Crippen molar-refractivity contribution in [3.8, 4) is 0 Å². The zero-order valence-electron chi connectivity index (χ0n) is 14.1. The van der Waals surface area contributed by atoms with Gasteiger partial charge in [0, 0.05) is 39.3 Å². The molecule has 0 aromatic rings. The van der Waals surface area contributed by atoms with E-state index in [1.807, 2.05) is 19.0 Å². The lowest BCUT2D eigenvalue weighted by Crippen LogP contribution is -2.57. The molecule has 2 fully saturated rings. The molecule has 0 aromatic heterocycles. The quantitative estimate of drug-likeness (QED) is 0.754. The van der Waals surface area contributed by atoms with Crippen LogP contribution in [0.4, 0.5) is 4.79 Å². The fourth-order valence-corrected chi connectivity index (χ4v) is 2.70. The summed E-state index contributed by atoms with van der Waals surface area (Å²) in [6, 6.07) is -0.0483. The van der Waals surface area contributed by atoms with Crippen molar-refractivity contribution in [3.05, 3.63) is 0 Å². The molecule has 0 saturated carbocycles. The Morgan fingerprint density at radius 3 is 2.73 bits per heavy atom. The van der Waals surface area contributed by atoms with E-state index in [1.54, 1.807) is 0 Å². The van der Waals surface area contributed by atoms with E-state index in [1.165, 1.54) is 0 Å². The molecular formula is C15H30N4O3. The number of carbonyl (C=O) groups excluding carboxylic acids is 1. The molecule has 128 valence electrons. The molecule has 2 aliphatic rings. The molecule has 0 aliphatic carbocycles. The van der Waals surface area contributed by atoms with Gasteiger partial charge in [-0.3, -0.25) is 0 Å². The zero-order valence-corrected chi connectivity index (χ0v) is 14.1. The molecule has 7 nitrogen and oxygen atoms in total. The van der Waals surface area contributed by atoms with Crippen molar-refractivity contribution >= 4 is 6.03 Å². The van der Waals surface area contributed by atoms with Crippen LogP contribution in [0.5, 0.6) is 0 Å². The first-order chi connectivity index (χ1) is 10.6. The predicted octanol–water partition coefficient (Wildman–Crippen LogP) is -0.321. The van der Waals surface area contributed by atoms with E-state index in [-0.39, 0.29) is 18.2 Å². The molecular weight excluding hydrogens is 284 g/mol. The summed E-state index contributed by atoms with van der Waals surface area (Å²) < 4.78 is 11.5. The van der Waals surface area contributed by atoms with E-state index in [2.05, 4.69) is 22.2 Å². The van der Waals surface area contributed by atoms with Crippen molar-refractivity contribution in [2.24, 2.45) is 0 Å². The van der Waals surface area contributed by atoms with Gasteiger partial charge in [-0.1, -0.05) is 0 Å². The molecule has 1 N–H and O–H groups in total. The number of rotatable bonds is 5. The molecule has 7 heteroatoms. The Morgan fingerprint density at radius 2 is 2.05 bits per heavy atom. The lowest BCUT2D eigenvalue weighted by Gasteiger charge is -2.36. The maximum absolute atomic E-state index is 12.4. The third kappa shape index (κ3) is 5.39. The predicted molar refractivity (Wildman–Crippen MR) is 85.1 cm³/mol. The SMILES string of the molecule is CN(C)CCO[C@H]1CCOC[C@H]1NC(=O)N1CCN(C)CC1. The first-order valence-electron chi connectivity index (χ1n) is 8.14. The fraction of sp³-hybridized carbons (Fsp3) is 0.933. The normalized spacial score (nSPS) is 27.2. The highest BCUT2D eigenvalue weighted by Gasteiger charge is 2.30. The number of nitrogens with one attached hydrogen (secondary N) is 1. The van der Waals surface area contributed by atoms with Crippen LogP contribution in [0.2, 0.25) is 0 Å². The molecule has 2 heterocycles. The smallest absolute Gasteiger partial charge is 0.317 e. The van der Waals surface area contributed by atoms with Crippen LogP contribution in [0.1, 0.15) is 6.42 Å². The second-order valence-electron chi connectivity index (χ2n) is 6.42. The van der Waals surface area contributed by atoms with Crippen LogP contribution in [0, 0.1) is 0 Å². The number of carbonyl (C=O) groups is 1. The second-order valence-corrected chi connectivity index (χ2v) is 6.42. The summed E-state index contributed by atoms with van der Waals surface area (Å²) in [7, 11) is 6.14. The summed E-state index contributed by atoms with van der Waals surface area (Å²) in [5, 5.41) is 3.10. The molecule has 0 radical (unpaired) electrons. The minimum Gasteiger partial charge on any atom is -0.379 e. The number of urea groups is 1. The number of ether oxygens (including phenoxy) is 2. The van der Waals surface area contributed by atoms with Crippen molar-refractivity contribution in [1.82, 2.24) is 20.0 Å². The highest BCUT2D eigenvalue weighted by molar-refractivity contribution is 5.74. The minimum atomic E-state index is -0.0527. The monoisotopic (exact) mass is 314 g/mol. The van der Waals surface area contributed by atoms with E-state index in [0.717, 1.165) is 39.1 Å². The molecule has 0 spiro atoms. The summed E-state index contributed by atoms with van der Waals surface area (Å²) in [4.78, 5) is 18.6. The van der Waals surface area contributed by atoms with Crippen molar-refractivity contribution in [3.63, 3.8) is 0 Å². The number of likely N-dealkylation sites (N-methyl/N-ethyl adjacent to an activating group) is 2. The van der Waals surface area contributed by atoms with Crippen LogP contribution in [-0.4, -0.2) is 107 Å². The van der Waals surface area contributed by atoms with Crippen LogP contribution < -0.4 is 5.32 Å². The maximum atomic E-state index is 12.4. The molecule has 0 aromatic carbocycles. The Bertz CT molecular complexity index is 346. The molecule has 0 bridgehead atoms. The van der Waals surface area contributed by atoms with Gasteiger partial charge in [0.2, 0.25) is 0 Å². The van der Waals surface area contributed by atoms with Gasteiger partial charge in [0.1, 0.15) is 0 Å². The minimum absolute atomic E-state index is 0.00445. The Labute approximate surface area is 133 Å². The fourth-order valence-electron chi connectivity index (χ4n) is 2.70. The average Bonchev–Trinajstić information content (AvgIpc) is 2.49. The summed E-state index contributed by atoms with van der Waals surface area (Å²) in [6.07, 6.45) is 0.881. The van der Waals surface area contributed by atoms with Gasteiger partial charge in [0.25, 0.3) is 0 Å². The summed E-state index contributed by atoms with van der Waals surface area (Å²) in [5.74, 6) is 0. The van der Waals surface area contributed by atoms with Crippen molar-refractivity contribution in [1.29, 1.82) is 0 Å². The van der Waals surface area contributed by atoms with Gasteiger partial charge >= 0.3 is 6.03 Å². The topological polar surface area (TPSA) is 57.3 Å². The summed E-state index contributed by atoms with van der Waals surface area (Å²) >= 11 is 0. The Kier molecular flexibility index (Phi) is 6.88. The summed E-state index contributed by atoms with van der Waals surface area (Å²) in [6.45, 7) is 6.22. The average molecular weight is 314 g/mol. The Hall–Kier alpha value is -0.890. The van der Waals surface area contributed by atoms with Gasteiger partial charge in [0.05, 0.1) is 25.4 Å². The first kappa shape index (κ1) is 17.5. The molecule has 2 atom stereocenters. The van der Waals surface area contributed by atoms with Crippen molar-refractivity contribution < 1.29 is 14.3 Å². The Morgan fingerprint density at radius 1 is 1.32 bits per heavy atom. The van der Waals surface area contributed by atoms with E-state index in [9.17, 15) is 4.79 Å². The van der Waals surface area contributed by atoms with Crippen molar-refractivity contribution in [2.75, 3.05) is 73.7 Å². The second kappa shape index (κ2) is 8.67. The van der Waals surface area contributed by atoms with Gasteiger partial charge in [-0.05, 0) is 27.6 Å². The molecule has 2 aliphatic heterocycles. The van der Waals surface area contributed by atoms with E-state index < -0.39 is 0 Å². The highest BCUT2D eigenvalue weighted by atomic mass is 16.5. The third-order valence-electron chi connectivity index (χ3n) is 4.26. The lowest BCUT2D eigenvalue weighted by molar-refractivity contribution is -0.0562. The lowest BCUT2D eigenvalue weighted by atomic mass is 10.1.